The number of hydrogen-bond acceptors (Lipinski definition) is 4. The van der Waals surface area contributed by atoms with Gasteiger partial charge in [-0.05, 0) is 25.5 Å². The quantitative estimate of drug-likeness (QED) is 0.892. The molecule has 1 aromatic carbocycles. The first-order chi connectivity index (χ1) is 9.60. The first-order valence-electron chi connectivity index (χ1n) is 6.23. The molecule has 6 heteroatoms. The van der Waals surface area contributed by atoms with Gasteiger partial charge >= 0.3 is 0 Å². The Morgan fingerprint density at radius 3 is 3.05 bits per heavy atom. The van der Waals surface area contributed by atoms with E-state index in [1.54, 1.807) is 11.4 Å². The standard InChI is InChI=1S/C14H15ClN2O2S/c1-9(5-6-18)16-13(19)12-8-20-14(17-12)10-3-2-4-11(15)7-10/h2-4,7-9,18H,5-6H2,1H3,(H,16,19). The third-order valence-corrected chi connectivity index (χ3v) is 3.87. The first kappa shape index (κ1) is 15.0. The number of halogens is 1. The Morgan fingerprint density at radius 2 is 2.35 bits per heavy atom. The number of amides is 1. The number of hydrogen-bond donors (Lipinski definition) is 2. The van der Waals surface area contributed by atoms with Crippen molar-refractivity contribution in [3.05, 3.63) is 40.4 Å². The van der Waals surface area contributed by atoms with Crippen molar-refractivity contribution < 1.29 is 9.90 Å². The van der Waals surface area contributed by atoms with Crippen molar-refractivity contribution in [1.82, 2.24) is 10.3 Å². The summed E-state index contributed by atoms with van der Waals surface area (Å²) in [5.41, 5.74) is 1.28. The van der Waals surface area contributed by atoms with Crippen LogP contribution < -0.4 is 5.32 Å². The van der Waals surface area contributed by atoms with Crippen molar-refractivity contribution in [2.24, 2.45) is 0 Å². The summed E-state index contributed by atoms with van der Waals surface area (Å²) in [4.78, 5) is 16.3. The second kappa shape index (κ2) is 6.83. The second-order valence-corrected chi connectivity index (χ2v) is 5.73. The molecule has 1 atom stereocenters. The number of aliphatic hydroxyl groups is 1. The van der Waals surface area contributed by atoms with Crippen LogP contribution in [0.5, 0.6) is 0 Å². The van der Waals surface area contributed by atoms with Gasteiger partial charge in [-0.3, -0.25) is 4.79 Å². The summed E-state index contributed by atoms with van der Waals surface area (Å²) in [5, 5.41) is 14.7. The fourth-order valence-electron chi connectivity index (χ4n) is 1.70. The first-order valence-corrected chi connectivity index (χ1v) is 7.49. The molecule has 2 aromatic rings. The number of carbonyl (C=O) groups is 1. The van der Waals surface area contributed by atoms with Crippen LogP contribution in [0.25, 0.3) is 10.6 Å². The van der Waals surface area contributed by atoms with E-state index in [0.29, 0.717) is 17.1 Å². The number of nitrogens with zero attached hydrogens (tertiary/aromatic N) is 1. The fraction of sp³-hybridized carbons (Fsp3) is 0.286. The lowest BCUT2D eigenvalue weighted by molar-refractivity contribution is 0.0930. The van der Waals surface area contributed by atoms with Crippen LogP contribution in [-0.2, 0) is 0 Å². The molecule has 0 spiro atoms. The van der Waals surface area contributed by atoms with Crippen LogP contribution in [0.4, 0.5) is 0 Å². The van der Waals surface area contributed by atoms with E-state index in [1.165, 1.54) is 11.3 Å². The molecule has 0 radical (unpaired) electrons. The summed E-state index contributed by atoms with van der Waals surface area (Å²) in [5.74, 6) is -0.226. The molecule has 0 fully saturated rings. The van der Waals surface area contributed by atoms with Gasteiger partial charge in [0.1, 0.15) is 10.7 Å². The average Bonchev–Trinajstić information content (AvgIpc) is 2.88. The van der Waals surface area contributed by atoms with Gasteiger partial charge in [0.15, 0.2) is 0 Å². The predicted molar refractivity (Wildman–Crippen MR) is 81.2 cm³/mol. The fourth-order valence-corrected chi connectivity index (χ4v) is 2.68. The number of aromatic nitrogens is 1. The van der Waals surface area contributed by atoms with Gasteiger partial charge in [-0.1, -0.05) is 23.7 Å². The third kappa shape index (κ3) is 3.79. The Labute approximate surface area is 126 Å². The highest BCUT2D eigenvalue weighted by atomic mass is 35.5. The van der Waals surface area contributed by atoms with E-state index in [-0.39, 0.29) is 18.6 Å². The van der Waals surface area contributed by atoms with Crippen LogP contribution in [0.1, 0.15) is 23.8 Å². The van der Waals surface area contributed by atoms with E-state index in [2.05, 4.69) is 10.3 Å². The minimum absolute atomic E-state index is 0.0479. The van der Waals surface area contributed by atoms with E-state index in [4.69, 9.17) is 16.7 Å². The Bertz CT molecular complexity index is 600. The summed E-state index contributed by atoms with van der Waals surface area (Å²) >= 11 is 7.34. The molecule has 106 valence electrons. The number of rotatable bonds is 5. The molecular formula is C14H15ClN2O2S. The van der Waals surface area contributed by atoms with Crippen LogP contribution in [-0.4, -0.2) is 28.6 Å². The van der Waals surface area contributed by atoms with Crippen LogP contribution in [0.15, 0.2) is 29.6 Å². The number of carbonyl (C=O) groups excluding carboxylic acids is 1. The summed E-state index contributed by atoms with van der Waals surface area (Å²) < 4.78 is 0. The van der Waals surface area contributed by atoms with Gasteiger partial charge < -0.3 is 10.4 Å². The van der Waals surface area contributed by atoms with Gasteiger partial charge in [0, 0.05) is 28.6 Å². The van der Waals surface area contributed by atoms with E-state index >= 15 is 0 Å². The molecule has 2 N–H and O–H groups in total. The number of benzene rings is 1. The molecule has 1 heterocycles. The Morgan fingerprint density at radius 1 is 1.55 bits per heavy atom. The van der Waals surface area contributed by atoms with Gasteiger partial charge in [-0.25, -0.2) is 4.98 Å². The average molecular weight is 311 g/mol. The lowest BCUT2D eigenvalue weighted by Gasteiger charge is -2.10. The number of thiazole rings is 1. The van der Waals surface area contributed by atoms with E-state index in [9.17, 15) is 4.79 Å². The molecule has 2 rings (SSSR count). The largest absolute Gasteiger partial charge is 0.396 e. The van der Waals surface area contributed by atoms with Gasteiger partial charge in [-0.2, -0.15) is 0 Å². The Balaban J connectivity index is 2.11. The SMILES string of the molecule is CC(CCO)NC(=O)c1csc(-c2cccc(Cl)c2)n1. The minimum Gasteiger partial charge on any atom is -0.396 e. The molecule has 0 aliphatic rings. The molecule has 0 saturated heterocycles. The smallest absolute Gasteiger partial charge is 0.270 e. The lowest BCUT2D eigenvalue weighted by atomic mass is 10.2. The molecule has 1 aromatic heterocycles. The monoisotopic (exact) mass is 310 g/mol. The predicted octanol–water partition coefficient (Wildman–Crippen LogP) is 2.96. The van der Waals surface area contributed by atoms with Crippen molar-refractivity contribution in [3.63, 3.8) is 0 Å². The number of aliphatic hydroxyl groups excluding tert-OH is 1. The highest BCUT2D eigenvalue weighted by Crippen LogP contribution is 2.25. The van der Waals surface area contributed by atoms with Gasteiger partial charge in [-0.15, -0.1) is 11.3 Å². The number of nitrogens with one attached hydrogen (secondary N) is 1. The molecule has 0 aliphatic heterocycles. The zero-order chi connectivity index (χ0) is 14.5. The maximum Gasteiger partial charge on any atom is 0.270 e. The molecule has 20 heavy (non-hydrogen) atoms. The van der Waals surface area contributed by atoms with Crippen LogP contribution >= 0.6 is 22.9 Å². The van der Waals surface area contributed by atoms with Gasteiger partial charge in [0.05, 0.1) is 0 Å². The lowest BCUT2D eigenvalue weighted by Crippen LogP contribution is -2.33. The molecule has 4 nitrogen and oxygen atoms in total. The van der Waals surface area contributed by atoms with Crippen LogP contribution in [0, 0.1) is 0 Å². The van der Waals surface area contributed by atoms with Crippen molar-refractivity contribution in [2.75, 3.05) is 6.61 Å². The molecule has 1 amide bonds. The molecule has 1 unspecified atom stereocenters. The highest BCUT2D eigenvalue weighted by Gasteiger charge is 2.14. The summed E-state index contributed by atoms with van der Waals surface area (Å²) in [6.07, 6.45) is 0.525. The van der Waals surface area contributed by atoms with Crippen molar-refractivity contribution in [1.29, 1.82) is 0 Å². The van der Waals surface area contributed by atoms with Crippen molar-refractivity contribution in [3.8, 4) is 10.6 Å². The summed E-state index contributed by atoms with van der Waals surface area (Å²) in [7, 11) is 0. The molecule has 0 aliphatic carbocycles. The minimum atomic E-state index is -0.226. The van der Waals surface area contributed by atoms with E-state index in [0.717, 1.165) is 10.6 Å². The highest BCUT2D eigenvalue weighted by molar-refractivity contribution is 7.13. The topological polar surface area (TPSA) is 62.2 Å². The van der Waals surface area contributed by atoms with Crippen LogP contribution in [0.3, 0.4) is 0 Å². The summed E-state index contributed by atoms with van der Waals surface area (Å²) in [6, 6.07) is 7.28. The Kier molecular flexibility index (Phi) is 5.11. The maximum atomic E-state index is 12.0. The normalized spacial score (nSPS) is 12.2. The van der Waals surface area contributed by atoms with E-state index in [1.807, 2.05) is 25.1 Å². The Hall–Kier alpha value is -1.43. The molecule has 0 bridgehead atoms. The van der Waals surface area contributed by atoms with Crippen molar-refractivity contribution >= 4 is 28.8 Å². The van der Waals surface area contributed by atoms with Gasteiger partial charge in [0.25, 0.3) is 5.91 Å². The zero-order valence-electron chi connectivity index (χ0n) is 11.0. The maximum absolute atomic E-state index is 12.0. The van der Waals surface area contributed by atoms with Crippen LogP contribution in [0.2, 0.25) is 5.02 Å². The van der Waals surface area contributed by atoms with Crippen molar-refractivity contribution in [2.45, 2.75) is 19.4 Å². The molecule has 0 saturated carbocycles. The zero-order valence-corrected chi connectivity index (χ0v) is 12.5. The third-order valence-electron chi connectivity index (χ3n) is 2.75. The second-order valence-electron chi connectivity index (χ2n) is 4.44. The van der Waals surface area contributed by atoms with Gasteiger partial charge in [0.2, 0.25) is 0 Å². The summed E-state index contributed by atoms with van der Waals surface area (Å²) in [6.45, 7) is 1.89. The molecular weight excluding hydrogens is 296 g/mol. The van der Waals surface area contributed by atoms with E-state index < -0.39 is 0 Å².